The minimum absolute atomic E-state index is 0. The first-order valence-electron chi connectivity index (χ1n) is 6.80. The van der Waals surface area contributed by atoms with Gasteiger partial charge in [-0.05, 0) is 32.6 Å². The smallest absolute Gasteiger partial charge is 0.341 e. The lowest BCUT2D eigenvalue weighted by molar-refractivity contribution is 0.0599. The Balaban J connectivity index is 0.00000242. The third kappa shape index (κ3) is 4.22. The fourth-order valence-corrected chi connectivity index (χ4v) is 3.71. The zero-order chi connectivity index (χ0) is 15.6. The van der Waals surface area contributed by atoms with Crippen LogP contribution < -0.4 is 10.5 Å². The molecule has 1 aliphatic carbocycles. The predicted molar refractivity (Wildman–Crippen MR) is 82.6 cm³/mol. The van der Waals surface area contributed by atoms with Crippen LogP contribution in [0.5, 0.6) is 0 Å². The number of nitrogens with one attached hydrogen (secondary N) is 1. The largest absolute Gasteiger partial charge is 0.465 e. The van der Waals surface area contributed by atoms with Crippen molar-refractivity contribution in [3.63, 3.8) is 0 Å². The number of halogens is 1. The molecule has 0 unspecified atom stereocenters. The average molecular weight is 353 g/mol. The van der Waals surface area contributed by atoms with E-state index in [1.165, 1.54) is 20.1 Å². The van der Waals surface area contributed by atoms with E-state index >= 15 is 0 Å². The molecule has 0 amide bonds. The summed E-state index contributed by atoms with van der Waals surface area (Å²) in [6.07, 6.45) is 2.98. The molecule has 22 heavy (non-hydrogen) atoms. The van der Waals surface area contributed by atoms with Crippen molar-refractivity contribution >= 4 is 28.4 Å². The van der Waals surface area contributed by atoms with Gasteiger partial charge in [0, 0.05) is 18.2 Å². The number of ether oxygens (including phenoxy) is 1. The molecule has 1 aromatic rings. The van der Waals surface area contributed by atoms with Gasteiger partial charge in [0.25, 0.3) is 10.0 Å². The first-order valence-corrected chi connectivity index (χ1v) is 8.28. The standard InChI is InChI=1S/C13H20N2O5S.ClH/c1-8-11(13(16)19-2)7-12(20-8)21(17,18)15-10-5-3-9(14)4-6-10;/h7,9-10,15H,3-6,14H2,1-2H3;1H. The second kappa shape index (κ2) is 7.45. The first-order chi connectivity index (χ1) is 9.83. The molecule has 126 valence electrons. The topological polar surface area (TPSA) is 112 Å². The van der Waals surface area contributed by atoms with Crippen LogP contribution >= 0.6 is 12.4 Å². The highest BCUT2D eigenvalue weighted by molar-refractivity contribution is 7.89. The summed E-state index contributed by atoms with van der Waals surface area (Å²) >= 11 is 0. The minimum atomic E-state index is -3.79. The van der Waals surface area contributed by atoms with Crippen molar-refractivity contribution in [3.8, 4) is 0 Å². The van der Waals surface area contributed by atoms with E-state index in [0.717, 1.165) is 12.8 Å². The Morgan fingerprint density at radius 3 is 2.50 bits per heavy atom. The number of nitrogens with two attached hydrogens (primary N) is 1. The van der Waals surface area contributed by atoms with E-state index in [-0.39, 0.29) is 40.9 Å². The quantitative estimate of drug-likeness (QED) is 0.791. The van der Waals surface area contributed by atoms with Gasteiger partial charge in [-0.2, -0.15) is 0 Å². The lowest BCUT2D eigenvalue weighted by atomic mass is 9.93. The minimum Gasteiger partial charge on any atom is -0.465 e. The molecule has 0 aliphatic heterocycles. The van der Waals surface area contributed by atoms with Crippen molar-refractivity contribution in [3.05, 3.63) is 17.4 Å². The highest BCUT2D eigenvalue weighted by Crippen LogP contribution is 2.23. The third-order valence-corrected chi connectivity index (χ3v) is 5.03. The third-order valence-electron chi connectivity index (χ3n) is 3.66. The number of sulfonamides is 1. The van der Waals surface area contributed by atoms with Crippen molar-refractivity contribution in [2.45, 2.75) is 49.8 Å². The number of furan rings is 1. The number of hydrogen-bond donors (Lipinski definition) is 2. The van der Waals surface area contributed by atoms with Crippen molar-refractivity contribution in [2.24, 2.45) is 5.73 Å². The predicted octanol–water partition coefficient (Wildman–Crippen LogP) is 1.34. The Morgan fingerprint density at radius 2 is 1.95 bits per heavy atom. The molecule has 1 aliphatic rings. The van der Waals surface area contributed by atoms with Gasteiger partial charge in [-0.3, -0.25) is 0 Å². The van der Waals surface area contributed by atoms with Crippen molar-refractivity contribution in [1.82, 2.24) is 4.72 Å². The van der Waals surface area contributed by atoms with Crippen LogP contribution in [-0.2, 0) is 14.8 Å². The Bertz CT molecular complexity index is 620. The first kappa shape index (κ1) is 19.0. The maximum Gasteiger partial charge on any atom is 0.341 e. The SMILES string of the molecule is COC(=O)c1cc(S(=O)(=O)NC2CCC(N)CC2)oc1C.Cl. The molecule has 2 rings (SSSR count). The number of rotatable bonds is 4. The molecule has 0 aromatic carbocycles. The molecule has 3 N–H and O–H groups in total. The summed E-state index contributed by atoms with van der Waals surface area (Å²) in [6.45, 7) is 1.52. The summed E-state index contributed by atoms with van der Waals surface area (Å²) in [5.41, 5.74) is 5.91. The number of carbonyl (C=O) groups is 1. The summed E-state index contributed by atoms with van der Waals surface area (Å²) in [7, 11) is -2.56. The monoisotopic (exact) mass is 352 g/mol. The summed E-state index contributed by atoms with van der Waals surface area (Å²) in [5.74, 6) is -0.408. The molecule has 0 radical (unpaired) electrons. The Kier molecular flexibility index (Phi) is 6.42. The molecule has 1 heterocycles. The Morgan fingerprint density at radius 1 is 1.36 bits per heavy atom. The molecule has 1 fully saturated rings. The van der Waals surface area contributed by atoms with Crippen LogP contribution in [-0.4, -0.2) is 33.6 Å². The highest BCUT2D eigenvalue weighted by atomic mass is 35.5. The van der Waals surface area contributed by atoms with Gasteiger partial charge < -0.3 is 14.9 Å². The summed E-state index contributed by atoms with van der Waals surface area (Å²) in [4.78, 5) is 11.5. The van der Waals surface area contributed by atoms with Gasteiger partial charge in [0.05, 0.1) is 7.11 Å². The normalized spacial score (nSPS) is 22.0. The van der Waals surface area contributed by atoms with Gasteiger partial charge in [0.15, 0.2) is 0 Å². The highest BCUT2D eigenvalue weighted by Gasteiger charge is 2.28. The second-order valence-electron chi connectivity index (χ2n) is 5.26. The molecule has 9 heteroatoms. The molecule has 0 atom stereocenters. The van der Waals surface area contributed by atoms with Gasteiger partial charge >= 0.3 is 5.97 Å². The van der Waals surface area contributed by atoms with E-state index in [2.05, 4.69) is 9.46 Å². The number of esters is 1. The Labute approximate surface area is 136 Å². The van der Waals surface area contributed by atoms with E-state index in [4.69, 9.17) is 10.2 Å². The molecule has 7 nitrogen and oxygen atoms in total. The van der Waals surface area contributed by atoms with E-state index in [1.54, 1.807) is 0 Å². The van der Waals surface area contributed by atoms with E-state index < -0.39 is 16.0 Å². The van der Waals surface area contributed by atoms with Gasteiger partial charge in [-0.15, -0.1) is 12.4 Å². The van der Waals surface area contributed by atoms with E-state index in [9.17, 15) is 13.2 Å². The number of hydrogen-bond acceptors (Lipinski definition) is 6. The fourth-order valence-electron chi connectivity index (χ4n) is 2.41. The summed E-state index contributed by atoms with van der Waals surface area (Å²) in [5, 5.41) is -0.268. The molecular formula is C13H21ClN2O5S. The number of methoxy groups -OCH3 is 1. The van der Waals surface area contributed by atoms with Gasteiger partial charge in [0.1, 0.15) is 11.3 Å². The fraction of sp³-hybridized carbons (Fsp3) is 0.615. The average Bonchev–Trinajstić information content (AvgIpc) is 2.83. The van der Waals surface area contributed by atoms with Gasteiger partial charge in [-0.25, -0.2) is 17.9 Å². The molecular weight excluding hydrogens is 332 g/mol. The van der Waals surface area contributed by atoms with Crippen molar-refractivity contribution in [2.75, 3.05) is 7.11 Å². The summed E-state index contributed by atoms with van der Waals surface area (Å²) in [6, 6.07) is 1.18. The van der Waals surface area contributed by atoms with Crippen LogP contribution in [0.25, 0.3) is 0 Å². The lowest BCUT2D eigenvalue weighted by Crippen LogP contribution is -2.40. The van der Waals surface area contributed by atoms with E-state index in [0.29, 0.717) is 12.8 Å². The van der Waals surface area contributed by atoms with Crippen LogP contribution in [0, 0.1) is 6.92 Å². The lowest BCUT2D eigenvalue weighted by Gasteiger charge is -2.26. The molecule has 1 aromatic heterocycles. The maximum atomic E-state index is 12.3. The van der Waals surface area contributed by atoms with Crippen molar-refractivity contribution in [1.29, 1.82) is 0 Å². The molecule has 0 saturated heterocycles. The molecule has 1 saturated carbocycles. The van der Waals surface area contributed by atoms with Crippen LogP contribution in [0.2, 0.25) is 0 Å². The molecule has 0 spiro atoms. The van der Waals surface area contributed by atoms with Crippen LogP contribution in [0.1, 0.15) is 41.8 Å². The number of aryl methyl sites for hydroxylation is 1. The zero-order valence-electron chi connectivity index (χ0n) is 12.5. The number of carbonyl (C=O) groups excluding carboxylic acids is 1. The van der Waals surface area contributed by atoms with Gasteiger partial charge in [0.2, 0.25) is 5.09 Å². The van der Waals surface area contributed by atoms with Gasteiger partial charge in [-0.1, -0.05) is 0 Å². The Hall–Kier alpha value is -1.09. The second-order valence-corrected chi connectivity index (χ2v) is 6.90. The van der Waals surface area contributed by atoms with Crippen LogP contribution in [0.4, 0.5) is 0 Å². The van der Waals surface area contributed by atoms with Crippen molar-refractivity contribution < 1.29 is 22.4 Å². The van der Waals surface area contributed by atoms with Crippen LogP contribution in [0.15, 0.2) is 15.6 Å². The van der Waals surface area contributed by atoms with E-state index in [1.807, 2.05) is 0 Å². The summed E-state index contributed by atoms with van der Waals surface area (Å²) < 4.78 is 36.9. The van der Waals surface area contributed by atoms with Crippen LogP contribution in [0.3, 0.4) is 0 Å². The zero-order valence-corrected chi connectivity index (χ0v) is 14.1. The molecule has 0 bridgehead atoms. The maximum absolute atomic E-state index is 12.3.